The van der Waals surface area contributed by atoms with Gasteiger partial charge in [0, 0.05) is 12.6 Å². The van der Waals surface area contributed by atoms with E-state index in [1.165, 1.54) is 38.6 Å². The molecule has 1 saturated heterocycles. The smallest absolute Gasteiger partial charge is 0.0434 e. The maximum absolute atomic E-state index is 8.96. The average Bonchev–Trinajstić information content (AvgIpc) is 2.71. The molecule has 0 radical (unpaired) electrons. The zero-order chi connectivity index (χ0) is 9.10. The van der Waals surface area contributed by atoms with Crippen LogP contribution in [0.3, 0.4) is 0 Å². The molecule has 1 saturated carbocycles. The van der Waals surface area contributed by atoms with Crippen LogP contribution in [0.25, 0.3) is 0 Å². The van der Waals surface area contributed by atoms with E-state index in [0.717, 1.165) is 24.3 Å². The highest BCUT2D eigenvalue weighted by atomic mass is 16.3. The standard InChI is InChI=1S/C11H21NO/c13-8-6-10-5-7-12-11(10)9-3-1-2-4-9/h9-13H,1-8H2. The minimum absolute atomic E-state index is 0.371. The van der Waals surface area contributed by atoms with Gasteiger partial charge in [-0.3, -0.25) is 0 Å². The first-order valence-corrected chi connectivity index (χ1v) is 5.76. The number of aliphatic hydroxyl groups is 1. The molecule has 1 heterocycles. The zero-order valence-electron chi connectivity index (χ0n) is 8.34. The molecule has 76 valence electrons. The first-order chi connectivity index (χ1) is 6.42. The maximum atomic E-state index is 8.96. The molecule has 2 rings (SSSR count). The van der Waals surface area contributed by atoms with Crippen molar-refractivity contribution < 1.29 is 5.11 Å². The van der Waals surface area contributed by atoms with Gasteiger partial charge < -0.3 is 10.4 Å². The van der Waals surface area contributed by atoms with Crippen LogP contribution in [0.15, 0.2) is 0 Å². The molecule has 2 aliphatic rings. The van der Waals surface area contributed by atoms with Crippen molar-refractivity contribution >= 4 is 0 Å². The van der Waals surface area contributed by atoms with E-state index in [0.29, 0.717) is 6.61 Å². The third-order valence-electron chi connectivity index (χ3n) is 3.81. The number of rotatable bonds is 3. The minimum Gasteiger partial charge on any atom is -0.396 e. The highest BCUT2D eigenvalue weighted by molar-refractivity contribution is 4.90. The molecule has 2 N–H and O–H groups in total. The van der Waals surface area contributed by atoms with Gasteiger partial charge in [0.25, 0.3) is 0 Å². The lowest BCUT2D eigenvalue weighted by molar-refractivity contribution is 0.226. The van der Waals surface area contributed by atoms with Crippen LogP contribution in [0.5, 0.6) is 0 Å². The summed E-state index contributed by atoms with van der Waals surface area (Å²) >= 11 is 0. The summed E-state index contributed by atoms with van der Waals surface area (Å²) in [6.45, 7) is 1.54. The number of aliphatic hydroxyl groups excluding tert-OH is 1. The van der Waals surface area contributed by atoms with E-state index in [9.17, 15) is 0 Å². The molecule has 0 aromatic heterocycles. The van der Waals surface area contributed by atoms with Gasteiger partial charge in [-0.2, -0.15) is 0 Å². The second-order valence-electron chi connectivity index (χ2n) is 4.59. The monoisotopic (exact) mass is 183 g/mol. The van der Waals surface area contributed by atoms with E-state index >= 15 is 0 Å². The van der Waals surface area contributed by atoms with E-state index in [2.05, 4.69) is 5.32 Å². The molecule has 2 fully saturated rings. The molecule has 2 heteroatoms. The van der Waals surface area contributed by atoms with E-state index < -0.39 is 0 Å². The van der Waals surface area contributed by atoms with Gasteiger partial charge in [-0.15, -0.1) is 0 Å². The van der Waals surface area contributed by atoms with Crippen molar-refractivity contribution in [3.8, 4) is 0 Å². The van der Waals surface area contributed by atoms with E-state index in [-0.39, 0.29) is 0 Å². The van der Waals surface area contributed by atoms with Crippen LogP contribution in [0.4, 0.5) is 0 Å². The Balaban J connectivity index is 1.88. The normalized spacial score (nSPS) is 35.8. The Morgan fingerprint density at radius 3 is 2.62 bits per heavy atom. The van der Waals surface area contributed by atoms with Gasteiger partial charge in [-0.1, -0.05) is 12.8 Å². The van der Waals surface area contributed by atoms with Gasteiger partial charge in [0.15, 0.2) is 0 Å². The molecule has 2 nitrogen and oxygen atoms in total. The molecule has 0 amide bonds. The molecule has 0 spiro atoms. The van der Waals surface area contributed by atoms with Crippen molar-refractivity contribution in [1.82, 2.24) is 5.32 Å². The maximum Gasteiger partial charge on any atom is 0.0434 e. The van der Waals surface area contributed by atoms with Gasteiger partial charge in [0.2, 0.25) is 0 Å². The molecule has 0 bridgehead atoms. The van der Waals surface area contributed by atoms with Crippen molar-refractivity contribution in [3.63, 3.8) is 0 Å². The molecule has 0 aromatic carbocycles. The Morgan fingerprint density at radius 1 is 1.15 bits per heavy atom. The molecular weight excluding hydrogens is 162 g/mol. The average molecular weight is 183 g/mol. The summed E-state index contributed by atoms with van der Waals surface area (Å²) in [5.41, 5.74) is 0. The molecule has 2 atom stereocenters. The summed E-state index contributed by atoms with van der Waals surface area (Å²) in [7, 11) is 0. The van der Waals surface area contributed by atoms with Gasteiger partial charge in [0.1, 0.15) is 0 Å². The summed E-state index contributed by atoms with van der Waals surface area (Å²) < 4.78 is 0. The molecule has 0 aromatic rings. The van der Waals surface area contributed by atoms with Crippen LogP contribution in [0.2, 0.25) is 0 Å². The van der Waals surface area contributed by atoms with E-state index in [1.807, 2.05) is 0 Å². The lowest BCUT2D eigenvalue weighted by atomic mass is 9.86. The van der Waals surface area contributed by atoms with Crippen molar-refractivity contribution in [1.29, 1.82) is 0 Å². The van der Waals surface area contributed by atoms with Gasteiger partial charge in [-0.25, -0.2) is 0 Å². The van der Waals surface area contributed by atoms with Gasteiger partial charge in [0.05, 0.1) is 0 Å². The number of hydrogen-bond donors (Lipinski definition) is 2. The second kappa shape index (κ2) is 4.43. The largest absolute Gasteiger partial charge is 0.396 e. The number of hydrogen-bond acceptors (Lipinski definition) is 2. The van der Waals surface area contributed by atoms with Crippen molar-refractivity contribution in [2.75, 3.05) is 13.2 Å². The predicted molar refractivity (Wildman–Crippen MR) is 53.6 cm³/mol. The van der Waals surface area contributed by atoms with Crippen molar-refractivity contribution in [2.45, 2.75) is 44.6 Å². The van der Waals surface area contributed by atoms with Gasteiger partial charge >= 0.3 is 0 Å². The molecule has 1 aliphatic heterocycles. The predicted octanol–water partition coefficient (Wildman–Crippen LogP) is 1.54. The Kier molecular flexibility index (Phi) is 3.23. The SMILES string of the molecule is OCCC1CCNC1C1CCCC1. The quantitative estimate of drug-likeness (QED) is 0.695. The summed E-state index contributed by atoms with van der Waals surface area (Å²) in [4.78, 5) is 0. The van der Waals surface area contributed by atoms with Crippen LogP contribution in [0.1, 0.15) is 38.5 Å². The van der Waals surface area contributed by atoms with Crippen LogP contribution >= 0.6 is 0 Å². The fourth-order valence-corrected chi connectivity index (χ4v) is 3.14. The minimum atomic E-state index is 0.371. The van der Waals surface area contributed by atoms with Crippen LogP contribution in [-0.2, 0) is 0 Å². The third kappa shape index (κ3) is 2.05. The summed E-state index contributed by atoms with van der Waals surface area (Å²) in [5.74, 6) is 1.67. The lowest BCUT2D eigenvalue weighted by Gasteiger charge is -2.24. The summed E-state index contributed by atoms with van der Waals surface area (Å²) in [5, 5.41) is 12.6. The molecule has 2 unspecified atom stereocenters. The van der Waals surface area contributed by atoms with Crippen molar-refractivity contribution in [2.24, 2.45) is 11.8 Å². The Hall–Kier alpha value is -0.0800. The molecule has 13 heavy (non-hydrogen) atoms. The topological polar surface area (TPSA) is 32.3 Å². The van der Waals surface area contributed by atoms with Crippen LogP contribution in [-0.4, -0.2) is 24.3 Å². The first kappa shape index (κ1) is 9.47. The zero-order valence-corrected chi connectivity index (χ0v) is 8.34. The Bertz CT molecular complexity index is 154. The molecule has 1 aliphatic carbocycles. The highest BCUT2D eigenvalue weighted by Gasteiger charge is 2.33. The summed E-state index contributed by atoms with van der Waals surface area (Å²) in [6.07, 6.45) is 7.97. The first-order valence-electron chi connectivity index (χ1n) is 5.76. The van der Waals surface area contributed by atoms with Crippen LogP contribution in [0, 0.1) is 11.8 Å². The fourth-order valence-electron chi connectivity index (χ4n) is 3.14. The van der Waals surface area contributed by atoms with E-state index in [4.69, 9.17) is 5.11 Å². The van der Waals surface area contributed by atoms with Crippen LogP contribution < -0.4 is 5.32 Å². The Labute approximate surface area is 80.7 Å². The fraction of sp³-hybridized carbons (Fsp3) is 1.00. The molecular formula is C11H21NO. The Morgan fingerprint density at radius 2 is 1.92 bits per heavy atom. The highest BCUT2D eigenvalue weighted by Crippen LogP contribution is 2.35. The van der Waals surface area contributed by atoms with E-state index in [1.54, 1.807) is 0 Å². The van der Waals surface area contributed by atoms with Crippen molar-refractivity contribution in [3.05, 3.63) is 0 Å². The third-order valence-corrected chi connectivity index (χ3v) is 3.81. The second-order valence-corrected chi connectivity index (χ2v) is 4.59. The van der Waals surface area contributed by atoms with Gasteiger partial charge in [-0.05, 0) is 44.1 Å². The summed E-state index contributed by atoms with van der Waals surface area (Å²) in [6, 6.07) is 0.731. The number of nitrogens with one attached hydrogen (secondary N) is 1. The lowest BCUT2D eigenvalue weighted by Crippen LogP contribution is -2.34.